The molecule has 0 aliphatic heterocycles. The Morgan fingerprint density at radius 3 is 2.91 bits per heavy atom. The normalized spacial score (nSPS) is 10.6. The van der Waals surface area contributed by atoms with Crippen molar-refractivity contribution in [1.82, 2.24) is 15.4 Å². The Bertz CT molecular complexity index is 881. The van der Waals surface area contributed by atoms with E-state index >= 15 is 0 Å². The number of amides is 1. The van der Waals surface area contributed by atoms with Gasteiger partial charge in [-0.25, -0.2) is 9.37 Å². The van der Waals surface area contributed by atoms with Crippen LogP contribution >= 0.6 is 11.6 Å². The minimum absolute atomic E-state index is 0.116. The first-order chi connectivity index (χ1) is 11.1. The highest BCUT2D eigenvalue weighted by Gasteiger charge is 2.10. The number of benzene rings is 1. The molecular formula is C15H12ClFN4O2. The third kappa shape index (κ3) is 3.19. The maximum Gasteiger partial charge on any atom is 0.286 e. The van der Waals surface area contributed by atoms with Gasteiger partial charge in [0.25, 0.3) is 5.91 Å². The Hall–Kier alpha value is -2.80. The van der Waals surface area contributed by atoms with Crippen molar-refractivity contribution in [3.8, 4) is 5.88 Å². The van der Waals surface area contributed by atoms with Gasteiger partial charge in [-0.1, -0.05) is 17.7 Å². The zero-order chi connectivity index (χ0) is 16.4. The highest BCUT2D eigenvalue weighted by Crippen LogP contribution is 2.20. The molecule has 118 valence electrons. The number of aromatic nitrogens is 2. The van der Waals surface area contributed by atoms with Crippen molar-refractivity contribution in [2.75, 3.05) is 12.5 Å². The second-order valence-corrected chi connectivity index (χ2v) is 5.15. The van der Waals surface area contributed by atoms with E-state index in [9.17, 15) is 9.18 Å². The van der Waals surface area contributed by atoms with Crippen molar-refractivity contribution in [2.24, 2.45) is 0 Å². The molecule has 0 atom stereocenters. The second-order valence-electron chi connectivity index (χ2n) is 4.71. The molecule has 2 aromatic heterocycles. The van der Waals surface area contributed by atoms with Crippen LogP contribution in [-0.4, -0.2) is 23.0 Å². The van der Waals surface area contributed by atoms with Crippen molar-refractivity contribution in [3.63, 3.8) is 0 Å². The van der Waals surface area contributed by atoms with E-state index in [1.807, 2.05) is 0 Å². The maximum absolute atomic E-state index is 13.5. The molecule has 0 spiro atoms. The van der Waals surface area contributed by atoms with Crippen LogP contribution in [0.25, 0.3) is 10.9 Å². The maximum atomic E-state index is 13.5. The molecule has 1 amide bonds. The highest BCUT2D eigenvalue weighted by atomic mass is 35.5. The molecule has 0 unspecified atom stereocenters. The number of rotatable bonds is 4. The third-order valence-corrected chi connectivity index (χ3v) is 3.39. The van der Waals surface area contributed by atoms with Crippen molar-refractivity contribution in [1.29, 1.82) is 0 Å². The summed E-state index contributed by atoms with van der Waals surface area (Å²) < 4.78 is 18.2. The van der Waals surface area contributed by atoms with Gasteiger partial charge in [0.1, 0.15) is 5.69 Å². The van der Waals surface area contributed by atoms with Crippen LogP contribution in [0.5, 0.6) is 5.88 Å². The van der Waals surface area contributed by atoms with Gasteiger partial charge >= 0.3 is 0 Å². The number of hydrogen-bond donors (Lipinski definition) is 3. The van der Waals surface area contributed by atoms with Crippen LogP contribution in [0, 0.1) is 5.82 Å². The molecule has 3 aromatic rings. The average molecular weight is 335 g/mol. The summed E-state index contributed by atoms with van der Waals surface area (Å²) in [7, 11) is 1.32. The van der Waals surface area contributed by atoms with E-state index in [1.165, 1.54) is 13.3 Å². The first kappa shape index (κ1) is 15.1. The van der Waals surface area contributed by atoms with Crippen LogP contribution in [0.2, 0.25) is 5.02 Å². The Morgan fingerprint density at radius 2 is 2.17 bits per heavy atom. The minimum atomic E-state index is -0.632. The molecule has 23 heavy (non-hydrogen) atoms. The number of hydrazine groups is 1. The van der Waals surface area contributed by atoms with Crippen LogP contribution in [0.15, 0.2) is 36.5 Å². The number of fused-ring (bicyclic) bond motifs is 1. The van der Waals surface area contributed by atoms with Gasteiger partial charge < -0.3 is 9.72 Å². The average Bonchev–Trinajstić information content (AvgIpc) is 2.95. The molecule has 0 fully saturated rings. The standard InChI is InChI=1S/C15H12ClFN4O2/c1-23-15-11(17)6-10(7-18-15)20-21-14(22)13-4-8-2-3-9(16)5-12(8)19-13/h2-7,19-20H,1H3,(H,21,22). The van der Waals surface area contributed by atoms with E-state index in [2.05, 4.69) is 20.8 Å². The van der Waals surface area contributed by atoms with Gasteiger partial charge in [0.15, 0.2) is 5.82 Å². The topological polar surface area (TPSA) is 79.0 Å². The first-order valence-corrected chi connectivity index (χ1v) is 6.99. The fourth-order valence-electron chi connectivity index (χ4n) is 2.06. The lowest BCUT2D eigenvalue weighted by atomic mass is 10.2. The SMILES string of the molecule is COc1ncc(NNC(=O)c2cc3ccc(Cl)cc3[nH]2)cc1F. The summed E-state index contributed by atoms with van der Waals surface area (Å²) >= 11 is 5.90. The molecule has 6 nitrogen and oxygen atoms in total. The lowest BCUT2D eigenvalue weighted by Gasteiger charge is -2.08. The fraction of sp³-hybridized carbons (Fsp3) is 0.0667. The number of nitrogens with one attached hydrogen (secondary N) is 3. The third-order valence-electron chi connectivity index (χ3n) is 3.15. The first-order valence-electron chi connectivity index (χ1n) is 6.61. The Labute approximate surface area is 135 Å². The number of nitrogens with zero attached hydrogens (tertiary/aromatic N) is 1. The largest absolute Gasteiger partial charge is 0.479 e. The number of pyridine rings is 1. The quantitative estimate of drug-likeness (QED) is 0.640. The molecule has 3 N–H and O–H groups in total. The summed E-state index contributed by atoms with van der Waals surface area (Å²) in [5, 5.41) is 1.43. The lowest BCUT2D eigenvalue weighted by Crippen LogP contribution is -2.29. The summed E-state index contributed by atoms with van der Waals surface area (Å²) in [6.45, 7) is 0. The second kappa shape index (κ2) is 6.13. The summed E-state index contributed by atoms with van der Waals surface area (Å²) in [4.78, 5) is 18.8. The molecule has 0 aliphatic rings. The number of carbonyl (C=O) groups excluding carboxylic acids is 1. The Kier molecular flexibility index (Phi) is 4.03. The van der Waals surface area contributed by atoms with Crippen LogP contribution in [0.1, 0.15) is 10.5 Å². The van der Waals surface area contributed by atoms with Crippen LogP contribution in [0.4, 0.5) is 10.1 Å². The molecule has 0 radical (unpaired) electrons. The predicted octanol–water partition coefficient (Wildman–Crippen LogP) is 3.12. The van der Waals surface area contributed by atoms with Crippen LogP contribution < -0.4 is 15.6 Å². The molecule has 2 heterocycles. The molecule has 0 aliphatic carbocycles. The monoisotopic (exact) mass is 334 g/mol. The zero-order valence-electron chi connectivity index (χ0n) is 12.0. The van der Waals surface area contributed by atoms with Crippen LogP contribution in [0.3, 0.4) is 0 Å². The van der Waals surface area contributed by atoms with Gasteiger partial charge in [0.05, 0.1) is 19.0 Å². The summed E-state index contributed by atoms with van der Waals surface area (Å²) in [5.74, 6) is -1.16. The molecule has 1 aromatic carbocycles. The van der Waals surface area contributed by atoms with Gasteiger partial charge in [0.2, 0.25) is 5.88 Å². The summed E-state index contributed by atoms with van der Waals surface area (Å²) in [6, 6.07) is 8.13. The molecule has 0 bridgehead atoms. The number of H-pyrrole nitrogens is 1. The number of hydrogen-bond acceptors (Lipinski definition) is 4. The van der Waals surface area contributed by atoms with E-state index in [1.54, 1.807) is 24.3 Å². The van der Waals surface area contributed by atoms with Crippen molar-refractivity contribution in [2.45, 2.75) is 0 Å². The smallest absolute Gasteiger partial charge is 0.286 e. The van der Waals surface area contributed by atoms with Gasteiger partial charge in [-0.15, -0.1) is 0 Å². The number of anilines is 1. The van der Waals surface area contributed by atoms with Crippen molar-refractivity contribution < 1.29 is 13.9 Å². The number of ether oxygens (including phenoxy) is 1. The molecule has 3 rings (SSSR count). The molecule has 0 saturated carbocycles. The van der Waals surface area contributed by atoms with Crippen molar-refractivity contribution >= 4 is 34.1 Å². The van der Waals surface area contributed by atoms with Crippen LogP contribution in [-0.2, 0) is 0 Å². The van der Waals surface area contributed by atoms with Crippen molar-refractivity contribution in [3.05, 3.63) is 53.1 Å². The van der Waals surface area contributed by atoms with E-state index < -0.39 is 11.7 Å². The number of carbonyl (C=O) groups is 1. The zero-order valence-corrected chi connectivity index (χ0v) is 12.7. The Morgan fingerprint density at radius 1 is 1.35 bits per heavy atom. The van der Waals surface area contributed by atoms with Gasteiger partial charge in [0, 0.05) is 22.0 Å². The minimum Gasteiger partial charge on any atom is -0.479 e. The highest BCUT2D eigenvalue weighted by molar-refractivity contribution is 6.31. The van der Waals surface area contributed by atoms with E-state index in [4.69, 9.17) is 16.3 Å². The van der Waals surface area contributed by atoms with E-state index in [-0.39, 0.29) is 11.6 Å². The van der Waals surface area contributed by atoms with E-state index in [0.29, 0.717) is 10.7 Å². The number of halogens is 2. The predicted molar refractivity (Wildman–Crippen MR) is 85.1 cm³/mol. The Balaban J connectivity index is 1.72. The van der Waals surface area contributed by atoms with Gasteiger partial charge in [-0.3, -0.25) is 15.6 Å². The summed E-state index contributed by atoms with van der Waals surface area (Å²) in [6.07, 6.45) is 1.34. The fourth-order valence-corrected chi connectivity index (χ4v) is 2.23. The van der Waals surface area contributed by atoms with Gasteiger partial charge in [-0.05, 0) is 18.2 Å². The molecule has 0 saturated heterocycles. The lowest BCUT2D eigenvalue weighted by molar-refractivity contribution is 0.0958. The molecular weight excluding hydrogens is 323 g/mol. The number of methoxy groups -OCH3 is 1. The number of aromatic amines is 1. The summed E-state index contributed by atoms with van der Waals surface area (Å²) in [5.41, 5.74) is 6.42. The van der Waals surface area contributed by atoms with Gasteiger partial charge in [-0.2, -0.15) is 0 Å². The molecule has 8 heteroatoms. The van der Waals surface area contributed by atoms with E-state index in [0.717, 1.165) is 17.0 Å².